The molecule has 0 saturated heterocycles. The van der Waals surface area contributed by atoms with Gasteiger partial charge in [0.2, 0.25) is 5.89 Å². The van der Waals surface area contributed by atoms with Gasteiger partial charge in [0.25, 0.3) is 0 Å². The number of carbonyl (C=O) groups excluding carboxylic acids is 1. The van der Waals surface area contributed by atoms with Crippen LogP contribution in [0.2, 0.25) is 0 Å². The van der Waals surface area contributed by atoms with Crippen LogP contribution in [0.15, 0.2) is 28.9 Å². The van der Waals surface area contributed by atoms with Gasteiger partial charge in [0.1, 0.15) is 6.54 Å². The molecule has 8 nitrogen and oxygen atoms in total. The van der Waals surface area contributed by atoms with Crippen molar-refractivity contribution in [1.82, 2.24) is 24.8 Å². The Labute approximate surface area is 139 Å². The molecule has 3 rings (SSSR count). The van der Waals surface area contributed by atoms with E-state index in [-0.39, 0.29) is 12.6 Å². The number of benzene rings is 1. The lowest BCUT2D eigenvalue weighted by Gasteiger charge is -2.19. The molecular weight excluding hydrogens is 308 g/mol. The lowest BCUT2D eigenvalue weighted by atomic mass is 10.2. The first-order chi connectivity index (χ1) is 11.6. The van der Waals surface area contributed by atoms with E-state index in [0.29, 0.717) is 30.4 Å². The second kappa shape index (κ2) is 6.69. The standard InChI is InChI=1S/C16H20N6O2/c1-4-14-19-15(24-20-14)10-22(5-2)16(23)18-12-7-6-11-9-17-21(3)13(11)8-12/h6-9H,4-5,10H2,1-3H3,(H,18,23). The van der Waals surface area contributed by atoms with Gasteiger partial charge in [-0.3, -0.25) is 4.68 Å². The third-order valence-electron chi connectivity index (χ3n) is 3.82. The molecule has 2 aromatic heterocycles. The summed E-state index contributed by atoms with van der Waals surface area (Å²) in [5, 5.41) is 12.0. The Morgan fingerprint density at radius 2 is 2.21 bits per heavy atom. The number of anilines is 1. The summed E-state index contributed by atoms with van der Waals surface area (Å²) in [6.45, 7) is 4.67. The fourth-order valence-corrected chi connectivity index (χ4v) is 2.41. The highest BCUT2D eigenvalue weighted by Gasteiger charge is 2.16. The first-order valence-corrected chi connectivity index (χ1v) is 7.89. The van der Waals surface area contributed by atoms with Crippen molar-refractivity contribution in [2.24, 2.45) is 7.05 Å². The van der Waals surface area contributed by atoms with Gasteiger partial charge in [-0.2, -0.15) is 10.1 Å². The fraction of sp³-hybridized carbons (Fsp3) is 0.375. The molecule has 0 bridgehead atoms. The number of hydrogen-bond acceptors (Lipinski definition) is 5. The Morgan fingerprint density at radius 1 is 1.38 bits per heavy atom. The quantitative estimate of drug-likeness (QED) is 0.777. The second-order valence-electron chi connectivity index (χ2n) is 5.44. The molecule has 126 valence electrons. The lowest BCUT2D eigenvalue weighted by Crippen LogP contribution is -2.34. The Hall–Kier alpha value is -2.90. The lowest BCUT2D eigenvalue weighted by molar-refractivity contribution is 0.203. The largest absolute Gasteiger partial charge is 0.337 e. The number of amides is 2. The van der Waals surface area contributed by atoms with Crippen LogP contribution >= 0.6 is 0 Å². The smallest absolute Gasteiger partial charge is 0.322 e. The van der Waals surface area contributed by atoms with Gasteiger partial charge >= 0.3 is 6.03 Å². The first kappa shape index (κ1) is 16.0. The predicted molar refractivity (Wildman–Crippen MR) is 89.5 cm³/mol. The highest BCUT2D eigenvalue weighted by Crippen LogP contribution is 2.18. The first-order valence-electron chi connectivity index (χ1n) is 7.89. The average Bonchev–Trinajstić information content (AvgIpc) is 3.19. The van der Waals surface area contributed by atoms with Gasteiger partial charge in [0.05, 0.1) is 11.7 Å². The summed E-state index contributed by atoms with van der Waals surface area (Å²) in [6, 6.07) is 5.48. The molecule has 0 fully saturated rings. The van der Waals surface area contributed by atoms with Crippen LogP contribution in [0.5, 0.6) is 0 Å². The van der Waals surface area contributed by atoms with E-state index < -0.39 is 0 Å². The highest BCUT2D eigenvalue weighted by molar-refractivity contribution is 5.92. The molecule has 24 heavy (non-hydrogen) atoms. The summed E-state index contributed by atoms with van der Waals surface area (Å²) in [4.78, 5) is 18.3. The van der Waals surface area contributed by atoms with E-state index in [1.807, 2.05) is 39.1 Å². The Balaban J connectivity index is 1.71. The number of fused-ring (bicyclic) bond motifs is 1. The van der Waals surface area contributed by atoms with Crippen molar-refractivity contribution in [1.29, 1.82) is 0 Å². The molecular formula is C16H20N6O2. The molecule has 0 unspecified atom stereocenters. The molecule has 0 aliphatic heterocycles. The van der Waals surface area contributed by atoms with Crippen LogP contribution in [0.4, 0.5) is 10.5 Å². The minimum absolute atomic E-state index is 0.213. The molecule has 1 aromatic carbocycles. The van der Waals surface area contributed by atoms with E-state index in [1.54, 1.807) is 15.8 Å². The van der Waals surface area contributed by atoms with Crippen LogP contribution in [-0.4, -0.2) is 37.4 Å². The number of nitrogens with zero attached hydrogens (tertiary/aromatic N) is 5. The van der Waals surface area contributed by atoms with Gasteiger partial charge in [-0.1, -0.05) is 12.1 Å². The molecule has 0 aliphatic carbocycles. The Kier molecular flexibility index (Phi) is 4.45. The van der Waals surface area contributed by atoms with Crippen LogP contribution in [0.1, 0.15) is 25.6 Å². The number of carbonyl (C=O) groups is 1. The summed E-state index contributed by atoms with van der Waals surface area (Å²) >= 11 is 0. The van der Waals surface area contributed by atoms with E-state index in [9.17, 15) is 4.79 Å². The van der Waals surface area contributed by atoms with Crippen LogP contribution < -0.4 is 5.32 Å². The van der Waals surface area contributed by atoms with Crippen molar-refractivity contribution in [3.8, 4) is 0 Å². The minimum atomic E-state index is -0.213. The third-order valence-corrected chi connectivity index (χ3v) is 3.82. The molecule has 0 saturated carbocycles. The number of hydrogen-bond donors (Lipinski definition) is 1. The summed E-state index contributed by atoms with van der Waals surface area (Å²) in [5.41, 5.74) is 1.68. The SMILES string of the molecule is CCc1noc(CN(CC)C(=O)Nc2ccc3cnn(C)c3c2)n1. The van der Waals surface area contributed by atoms with E-state index >= 15 is 0 Å². The topological polar surface area (TPSA) is 89.1 Å². The maximum Gasteiger partial charge on any atom is 0.322 e. The van der Waals surface area contributed by atoms with Gasteiger partial charge in [-0.25, -0.2) is 4.79 Å². The molecule has 2 amide bonds. The summed E-state index contributed by atoms with van der Waals surface area (Å²) in [7, 11) is 1.87. The van der Waals surface area contributed by atoms with Crippen LogP contribution in [0.25, 0.3) is 10.9 Å². The van der Waals surface area contributed by atoms with Crippen molar-refractivity contribution in [2.45, 2.75) is 26.8 Å². The number of nitrogens with one attached hydrogen (secondary N) is 1. The monoisotopic (exact) mass is 328 g/mol. The van der Waals surface area contributed by atoms with E-state index in [0.717, 1.165) is 10.9 Å². The van der Waals surface area contributed by atoms with Crippen molar-refractivity contribution >= 4 is 22.6 Å². The van der Waals surface area contributed by atoms with Gasteiger partial charge in [-0.05, 0) is 25.1 Å². The molecule has 2 heterocycles. The number of rotatable bonds is 5. The molecule has 0 spiro atoms. The van der Waals surface area contributed by atoms with Gasteiger partial charge in [0.15, 0.2) is 5.82 Å². The number of aromatic nitrogens is 4. The van der Waals surface area contributed by atoms with Gasteiger partial charge < -0.3 is 14.7 Å². The maximum absolute atomic E-state index is 12.5. The zero-order valence-electron chi connectivity index (χ0n) is 14.0. The summed E-state index contributed by atoms with van der Waals surface area (Å²) < 4.78 is 6.93. The highest BCUT2D eigenvalue weighted by atomic mass is 16.5. The summed E-state index contributed by atoms with van der Waals surface area (Å²) in [6.07, 6.45) is 2.49. The van der Waals surface area contributed by atoms with Crippen LogP contribution in [-0.2, 0) is 20.0 Å². The van der Waals surface area contributed by atoms with E-state index in [4.69, 9.17) is 4.52 Å². The molecule has 0 atom stereocenters. The van der Waals surface area contributed by atoms with Crippen LogP contribution in [0, 0.1) is 0 Å². The van der Waals surface area contributed by atoms with E-state index in [2.05, 4.69) is 20.6 Å². The average molecular weight is 328 g/mol. The predicted octanol–water partition coefficient (Wildman–Crippen LogP) is 2.57. The van der Waals surface area contributed by atoms with Gasteiger partial charge in [0, 0.05) is 31.1 Å². The fourth-order valence-electron chi connectivity index (χ4n) is 2.41. The van der Waals surface area contributed by atoms with E-state index in [1.165, 1.54) is 0 Å². The normalized spacial score (nSPS) is 11.0. The molecule has 1 N–H and O–H groups in total. The maximum atomic E-state index is 12.5. The Bertz CT molecular complexity index is 853. The molecule has 0 aliphatic rings. The molecule has 0 radical (unpaired) electrons. The summed E-state index contributed by atoms with van der Waals surface area (Å²) in [5.74, 6) is 1.08. The Morgan fingerprint density at radius 3 is 2.92 bits per heavy atom. The zero-order chi connectivity index (χ0) is 17.1. The third kappa shape index (κ3) is 3.22. The number of aryl methyl sites for hydroxylation is 2. The second-order valence-corrected chi connectivity index (χ2v) is 5.44. The van der Waals surface area contributed by atoms with Gasteiger partial charge in [-0.15, -0.1) is 0 Å². The number of urea groups is 1. The minimum Gasteiger partial charge on any atom is -0.337 e. The van der Waals surface area contributed by atoms with Crippen molar-refractivity contribution in [3.05, 3.63) is 36.1 Å². The van der Waals surface area contributed by atoms with Crippen LogP contribution in [0.3, 0.4) is 0 Å². The zero-order valence-corrected chi connectivity index (χ0v) is 14.0. The van der Waals surface area contributed by atoms with Crippen molar-refractivity contribution in [3.63, 3.8) is 0 Å². The van der Waals surface area contributed by atoms with Crippen molar-refractivity contribution < 1.29 is 9.32 Å². The molecule has 3 aromatic rings. The molecule has 8 heteroatoms. The van der Waals surface area contributed by atoms with Crippen molar-refractivity contribution in [2.75, 3.05) is 11.9 Å².